The molecular formula is C4H10ClF2NO. The van der Waals surface area contributed by atoms with Crippen LogP contribution in [0, 0.1) is 0 Å². The van der Waals surface area contributed by atoms with E-state index in [1.807, 2.05) is 0 Å². The van der Waals surface area contributed by atoms with Crippen molar-refractivity contribution in [2.45, 2.75) is 26.2 Å². The molecular weight excluding hydrogens is 151 g/mol. The Balaban J connectivity index is 0. The number of ether oxygens (including phenoxy) is 1. The Hall–Kier alpha value is 0.0700. The maximum Gasteiger partial charge on any atom is 0.346 e. The summed E-state index contributed by atoms with van der Waals surface area (Å²) in [6.45, 7) is -1.07. The van der Waals surface area contributed by atoms with Crippen LogP contribution < -0.4 is 5.73 Å². The van der Waals surface area contributed by atoms with E-state index in [-0.39, 0.29) is 12.4 Å². The van der Waals surface area contributed by atoms with Crippen molar-refractivity contribution in [3.05, 3.63) is 0 Å². The van der Waals surface area contributed by atoms with Crippen molar-refractivity contribution >= 4 is 12.4 Å². The average molecular weight is 162 g/mol. The van der Waals surface area contributed by atoms with Gasteiger partial charge < -0.3 is 10.5 Å². The molecule has 1 unspecified atom stereocenters. The molecule has 0 fully saturated rings. The van der Waals surface area contributed by atoms with Gasteiger partial charge in [-0.1, -0.05) is 6.92 Å². The normalized spacial score (nSPS) is 13.0. The summed E-state index contributed by atoms with van der Waals surface area (Å²) in [4.78, 5) is 0. The number of halogens is 3. The van der Waals surface area contributed by atoms with Crippen molar-refractivity contribution in [2.75, 3.05) is 0 Å². The lowest BCUT2D eigenvalue weighted by Gasteiger charge is -2.07. The van der Waals surface area contributed by atoms with Gasteiger partial charge in [0.2, 0.25) is 0 Å². The minimum atomic E-state index is -2.75. The highest BCUT2D eigenvalue weighted by molar-refractivity contribution is 5.85. The van der Waals surface area contributed by atoms with Gasteiger partial charge in [-0.3, -0.25) is 0 Å². The molecule has 58 valence electrons. The fraction of sp³-hybridized carbons (Fsp3) is 1.00. The second-order valence-corrected chi connectivity index (χ2v) is 1.34. The van der Waals surface area contributed by atoms with Crippen LogP contribution in [0.5, 0.6) is 0 Å². The van der Waals surface area contributed by atoms with E-state index >= 15 is 0 Å². The fourth-order valence-electron chi connectivity index (χ4n) is 0.228. The quantitative estimate of drug-likeness (QED) is 0.634. The average Bonchev–Trinajstić information content (AvgIpc) is 1.65. The first-order valence-corrected chi connectivity index (χ1v) is 2.36. The number of rotatable bonds is 3. The zero-order valence-corrected chi connectivity index (χ0v) is 5.83. The monoisotopic (exact) mass is 161 g/mol. The first kappa shape index (κ1) is 11.8. The minimum absolute atomic E-state index is 0. The molecule has 0 amide bonds. The Morgan fingerprint density at radius 3 is 2.11 bits per heavy atom. The summed E-state index contributed by atoms with van der Waals surface area (Å²) in [6, 6.07) is 0. The number of nitrogens with two attached hydrogens (primary N) is 1. The van der Waals surface area contributed by atoms with Gasteiger partial charge in [0.25, 0.3) is 0 Å². The topological polar surface area (TPSA) is 35.2 Å². The molecule has 2 nitrogen and oxygen atoms in total. The summed E-state index contributed by atoms with van der Waals surface area (Å²) >= 11 is 0. The molecule has 0 radical (unpaired) electrons. The molecule has 0 aliphatic heterocycles. The molecule has 0 aromatic rings. The first-order valence-electron chi connectivity index (χ1n) is 2.36. The predicted octanol–water partition coefficient (Wildman–Crippen LogP) is 1.34. The van der Waals surface area contributed by atoms with Crippen LogP contribution in [-0.2, 0) is 4.74 Å². The van der Waals surface area contributed by atoms with E-state index in [9.17, 15) is 8.78 Å². The molecule has 0 aromatic carbocycles. The number of hydrogen-bond donors (Lipinski definition) is 1. The Bertz CT molecular complexity index is 64.5. The molecule has 0 saturated heterocycles. The lowest BCUT2D eigenvalue weighted by Crippen LogP contribution is -2.24. The van der Waals surface area contributed by atoms with Crippen molar-refractivity contribution in [2.24, 2.45) is 5.73 Å². The standard InChI is InChI=1S/C4H9F2NO.ClH/c1-2-3(7)8-4(5)6;/h3-4H,2,7H2,1H3;1H. The third-order valence-electron chi connectivity index (χ3n) is 0.680. The number of alkyl halides is 2. The lowest BCUT2D eigenvalue weighted by atomic mass is 10.4. The van der Waals surface area contributed by atoms with E-state index in [2.05, 4.69) is 4.74 Å². The molecule has 0 bridgehead atoms. The second kappa shape index (κ2) is 6.19. The second-order valence-electron chi connectivity index (χ2n) is 1.34. The molecule has 5 heteroatoms. The van der Waals surface area contributed by atoms with E-state index in [1.165, 1.54) is 0 Å². The molecule has 2 N–H and O–H groups in total. The van der Waals surface area contributed by atoms with Crippen molar-refractivity contribution in [3.63, 3.8) is 0 Å². The zero-order chi connectivity index (χ0) is 6.57. The van der Waals surface area contributed by atoms with E-state index < -0.39 is 12.8 Å². The van der Waals surface area contributed by atoms with Gasteiger partial charge in [-0.2, -0.15) is 8.78 Å². The van der Waals surface area contributed by atoms with Crippen LogP contribution >= 0.6 is 12.4 Å². The van der Waals surface area contributed by atoms with Crippen molar-refractivity contribution < 1.29 is 13.5 Å². The van der Waals surface area contributed by atoms with Crippen LogP contribution in [0.15, 0.2) is 0 Å². The number of hydrogen-bond acceptors (Lipinski definition) is 2. The molecule has 0 saturated carbocycles. The van der Waals surface area contributed by atoms with Crippen LogP contribution in [0.25, 0.3) is 0 Å². The summed E-state index contributed by atoms with van der Waals surface area (Å²) in [6.07, 6.45) is -0.417. The highest BCUT2D eigenvalue weighted by Crippen LogP contribution is 1.98. The van der Waals surface area contributed by atoms with E-state index in [0.717, 1.165) is 0 Å². The molecule has 0 aromatic heterocycles. The Morgan fingerprint density at radius 2 is 2.00 bits per heavy atom. The van der Waals surface area contributed by atoms with Gasteiger partial charge in [-0.05, 0) is 6.42 Å². The fourth-order valence-corrected chi connectivity index (χ4v) is 0.228. The highest BCUT2D eigenvalue weighted by atomic mass is 35.5. The third-order valence-corrected chi connectivity index (χ3v) is 0.680. The molecule has 1 atom stereocenters. The molecule has 9 heavy (non-hydrogen) atoms. The Morgan fingerprint density at radius 1 is 1.56 bits per heavy atom. The minimum Gasteiger partial charge on any atom is -0.306 e. The molecule has 0 aliphatic rings. The summed E-state index contributed by atoms with van der Waals surface area (Å²) in [5.41, 5.74) is 4.97. The smallest absolute Gasteiger partial charge is 0.306 e. The van der Waals surface area contributed by atoms with Crippen LogP contribution in [0.3, 0.4) is 0 Å². The molecule has 0 heterocycles. The van der Waals surface area contributed by atoms with Crippen LogP contribution in [0.1, 0.15) is 13.3 Å². The van der Waals surface area contributed by atoms with E-state index in [4.69, 9.17) is 5.73 Å². The largest absolute Gasteiger partial charge is 0.346 e. The van der Waals surface area contributed by atoms with Crippen LogP contribution in [0.4, 0.5) is 8.78 Å². The summed E-state index contributed by atoms with van der Waals surface area (Å²) in [5, 5.41) is 0. The predicted molar refractivity (Wildman–Crippen MR) is 32.6 cm³/mol. The van der Waals surface area contributed by atoms with Gasteiger partial charge in [-0.25, -0.2) is 0 Å². The highest BCUT2D eigenvalue weighted by Gasteiger charge is 2.06. The van der Waals surface area contributed by atoms with Gasteiger partial charge in [0.15, 0.2) is 0 Å². The van der Waals surface area contributed by atoms with Crippen LogP contribution in [-0.4, -0.2) is 12.8 Å². The van der Waals surface area contributed by atoms with Crippen molar-refractivity contribution in [1.29, 1.82) is 0 Å². The van der Waals surface area contributed by atoms with Crippen LogP contribution in [0.2, 0.25) is 0 Å². The summed E-state index contributed by atoms with van der Waals surface area (Å²) < 4.78 is 26.2. The van der Waals surface area contributed by atoms with Gasteiger partial charge in [0, 0.05) is 0 Å². The Kier molecular flexibility index (Phi) is 8.13. The van der Waals surface area contributed by atoms with E-state index in [1.54, 1.807) is 6.92 Å². The molecule has 0 spiro atoms. The third kappa shape index (κ3) is 8.07. The molecule has 0 aliphatic carbocycles. The lowest BCUT2D eigenvalue weighted by molar-refractivity contribution is -0.161. The van der Waals surface area contributed by atoms with E-state index in [0.29, 0.717) is 6.42 Å². The van der Waals surface area contributed by atoms with Crippen molar-refractivity contribution in [1.82, 2.24) is 0 Å². The SMILES string of the molecule is CCC(N)OC(F)F.Cl. The zero-order valence-electron chi connectivity index (χ0n) is 5.01. The molecule has 0 rings (SSSR count). The maximum absolute atomic E-state index is 11.2. The van der Waals surface area contributed by atoms with Crippen molar-refractivity contribution in [3.8, 4) is 0 Å². The van der Waals surface area contributed by atoms with Gasteiger partial charge in [0.1, 0.15) is 6.23 Å². The van der Waals surface area contributed by atoms with Gasteiger partial charge in [-0.15, -0.1) is 12.4 Å². The maximum atomic E-state index is 11.2. The Labute approximate surface area is 58.8 Å². The van der Waals surface area contributed by atoms with Gasteiger partial charge >= 0.3 is 6.61 Å². The van der Waals surface area contributed by atoms with Gasteiger partial charge in [0.05, 0.1) is 0 Å². The first-order chi connectivity index (χ1) is 3.66. The summed E-state index contributed by atoms with van der Waals surface area (Å²) in [7, 11) is 0. The summed E-state index contributed by atoms with van der Waals surface area (Å²) in [5.74, 6) is 0.